The molecule has 0 unspecified atom stereocenters. The summed E-state index contributed by atoms with van der Waals surface area (Å²) in [5, 5.41) is 7.80. The fourth-order valence-electron chi connectivity index (χ4n) is 4.08. The first-order valence-corrected chi connectivity index (χ1v) is 11.4. The number of benzene rings is 1. The predicted octanol–water partition coefficient (Wildman–Crippen LogP) is 4.08. The third-order valence-corrected chi connectivity index (χ3v) is 6.00. The zero-order valence-corrected chi connectivity index (χ0v) is 20.0. The molecule has 32 heavy (non-hydrogen) atoms. The number of hydrogen-bond donors (Lipinski definition) is 1. The van der Waals surface area contributed by atoms with Gasteiger partial charge in [-0.25, -0.2) is 4.68 Å². The van der Waals surface area contributed by atoms with Crippen LogP contribution in [0.5, 0.6) is 0 Å². The highest BCUT2D eigenvalue weighted by Crippen LogP contribution is 2.28. The number of para-hydroxylation sites is 1. The van der Waals surface area contributed by atoms with Crippen LogP contribution in [0.25, 0.3) is 5.69 Å². The Morgan fingerprint density at radius 2 is 1.91 bits per heavy atom. The third kappa shape index (κ3) is 5.76. The number of amides is 2. The molecule has 0 aliphatic heterocycles. The Hall–Kier alpha value is -2.67. The topological polar surface area (TPSA) is 76.5 Å². The van der Waals surface area contributed by atoms with Crippen molar-refractivity contribution >= 4 is 17.6 Å². The summed E-state index contributed by atoms with van der Waals surface area (Å²) in [5.41, 5.74) is 2.69. The van der Waals surface area contributed by atoms with E-state index in [0.29, 0.717) is 19.0 Å². The zero-order valence-electron chi connectivity index (χ0n) is 20.0. The minimum Gasteiger partial charge on any atom is -0.383 e. The van der Waals surface area contributed by atoms with Gasteiger partial charge in [0.1, 0.15) is 5.82 Å². The van der Waals surface area contributed by atoms with Crippen LogP contribution in [0.4, 0.5) is 5.82 Å². The molecule has 0 bridgehead atoms. The van der Waals surface area contributed by atoms with Crippen LogP contribution in [0.15, 0.2) is 30.3 Å². The van der Waals surface area contributed by atoms with Gasteiger partial charge >= 0.3 is 0 Å². The quantitative estimate of drug-likeness (QED) is 0.671. The molecule has 1 aromatic carbocycles. The maximum Gasteiger partial charge on any atom is 0.245 e. The Labute approximate surface area is 191 Å². The Kier molecular flexibility index (Phi) is 7.72. The van der Waals surface area contributed by atoms with Gasteiger partial charge in [-0.05, 0) is 31.4 Å². The number of hydrogen-bond acceptors (Lipinski definition) is 4. The summed E-state index contributed by atoms with van der Waals surface area (Å²) in [5.74, 6) is 0.444. The lowest BCUT2D eigenvalue weighted by atomic mass is 9.92. The molecular formula is C25H36N4O3. The highest BCUT2D eigenvalue weighted by atomic mass is 16.5. The summed E-state index contributed by atoms with van der Waals surface area (Å²) < 4.78 is 6.96. The van der Waals surface area contributed by atoms with E-state index in [4.69, 9.17) is 9.84 Å². The fourth-order valence-corrected chi connectivity index (χ4v) is 4.08. The van der Waals surface area contributed by atoms with E-state index in [9.17, 15) is 9.59 Å². The molecule has 1 aliphatic rings. The van der Waals surface area contributed by atoms with Crippen molar-refractivity contribution in [1.29, 1.82) is 0 Å². The molecular weight excluding hydrogens is 404 g/mol. The van der Waals surface area contributed by atoms with Crippen molar-refractivity contribution in [2.24, 2.45) is 5.92 Å². The van der Waals surface area contributed by atoms with Crippen LogP contribution in [0.1, 0.15) is 57.7 Å². The summed E-state index contributed by atoms with van der Waals surface area (Å²) >= 11 is 0. The van der Waals surface area contributed by atoms with Gasteiger partial charge < -0.3 is 15.0 Å². The number of anilines is 1. The SMILES string of the molecule is COCCN(CC(=O)Nc1cc(C(C)(C)C)nn1-c1ccccc1C)C(=O)C1CCCC1. The molecule has 7 heteroatoms. The lowest BCUT2D eigenvalue weighted by Gasteiger charge is -2.25. The molecule has 0 spiro atoms. The smallest absolute Gasteiger partial charge is 0.245 e. The van der Waals surface area contributed by atoms with Crippen LogP contribution in [-0.4, -0.2) is 53.3 Å². The molecule has 2 aromatic rings. The fraction of sp³-hybridized carbons (Fsp3) is 0.560. The molecule has 174 valence electrons. The highest BCUT2D eigenvalue weighted by molar-refractivity contribution is 5.94. The standard InChI is InChI=1S/C25H36N4O3/c1-18-10-6-9-13-20(18)29-22(16-21(27-29)25(2,3)4)26-23(30)17-28(14-15-32-5)24(31)19-11-7-8-12-19/h6,9-10,13,16,19H,7-8,11-12,14-15,17H2,1-5H3,(H,26,30). The molecule has 7 nitrogen and oxygen atoms in total. The number of aromatic nitrogens is 2. The number of carbonyl (C=O) groups is 2. The van der Waals surface area contributed by atoms with Gasteiger partial charge in [-0.3, -0.25) is 9.59 Å². The average Bonchev–Trinajstić information content (AvgIpc) is 3.41. The van der Waals surface area contributed by atoms with E-state index < -0.39 is 0 Å². The number of aryl methyl sites for hydroxylation is 1. The summed E-state index contributed by atoms with van der Waals surface area (Å²) in [6, 6.07) is 9.86. The van der Waals surface area contributed by atoms with Crippen molar-refractivity contribution in [2.75, 3.05) is 32.1 Å². The van der Waals surface area contributed by atoms with E-state index in [-0.39, 0.29) is 29.7 Å². The van der Waals surface area contributed by atoms with Gasteiger partial charge in [-0.15, -0.1) is 0 Å². The first kappa shape index (κ1) is 24.0. The summed E-state index contributed by atoms with van der Waals surface area (Å²) in [7, 11) is 1.60. The van der Waals surface area contributed by atoms with E-state index in [1.807, 2.05) is 37.3 Å². The molecule has 1 saturated carbocycles. The maximum absolute atomic E-state index is 13.0. The van der Waals surface area contributed by atoms with Gasteiger partial charge in [0, 0.05) is 31.1 Å². The number of nitrogens with one attached hydrogen (secondary N) is 1. The monoisotopic (exact) mass is 440 g/mol. The molecule has 3 rings (SSSR count). The third-order valence-electron chi connectivity index (χ3n) is 6.00. The molecule has 1 fully saturated rings. The minimum absolute atomic E-state index is 0.00248. The molecule has 1 aliphatic carbocycles. The van der Waals surface area contributed by atoms with Crippen LogP contribution in [0.2, 0.25) is 0 Å². The number of methoxy groups -OCH3 is 1. The van der Waals surface area contributed by atoms with E-state index in [0.717, 1.165) is 42.6 Å². The largest absolute Gasteiger partial charge is 0.383 e. The van der Waals surface area contributed by atoms with Crippen molar-refractivity contribution in [3.05, 3.63) is 41.6 Å². The molecule has 1 heterocycles. The number of nitrogens with zero attached hydrogens (tertiary/aromatic N) is 3. The van der Waals surface area contributed by atoms with Crippen molar-refractivity contribution < 1.29 is 14.3 Å². The van der Waals surface area contributed by atoms with E-state index >= 15 is 0 Å². The average molecular weight is 441 g/mol. The first-order chi connectivity index (χ1) is 15.2. The number of rotatable bonds is 8. The van der Waals surface area contributed by atoms with Crippen molar-refractivity contribution in [3.8, 4) is 5.69 Å². The van der Waals surface area contributed by atoms with Crippen molar-refractivity contribution in [2.45, 2.75) is 58.8 Å². The van der Waals surface area contributed by atoms with Gasteiger partial charge in [0.25, 0.3) is 0 Å². The maximum atomic E-state index is 13.0. The van der Waals surface area contributed by atoms with Crippen LogP contribution < -0.4 is 5.32 Å². The Morgan fingerprint density at radius 1 is 1.22 bits per heavy atom. The van der Waals surface area contributed by atoms with Crippen molar-refractivity contribution in [3.63, 3.8) is 0 Å². The van der Waals surface area contributed by atoms with E-state index in [1.54, 1.807) is 16.7 Å². The number of carbonyl (C=O) groups excluding carboxylic acids is 2. The lowest BCUT2D eigenvalue weighted by molar-refractivity contribution is -0.138. The second-order valence-electron chi connectivity index (χ2n) is 9.65. The van der Waals surface area contributed by atoms with Crippen molar-refractivity contribution in [1.82, 2.24) is 14.7 Å². The van der Waals surface area contributed by atoms with Gasteiger partial charge in [0.2, 0.25) is 11.8 Å². The Morgan fingerprint density at radius 3 is 2.53 bits per heavy atom. The predicted molar refractivity (Wildman–Crippen MR) is 126 cm³/mol. The van der Waals surface area contributed by atoms with Crippen LogP contribution in [0.3, 0.4) is 0 Å². The molecule has 0 atom stereocenters. The Bertz CT molecular complexity index is 939. The second kappa shape index (κ2) is 10.3. The molecule has 1 N–H and O–H groups in total. The minimum atomic E-state index is -0.234. The van der Waals surface area contributed by atoms with Crippen LogP contribution >= 0.6 is 0 Å². The summed E-state index contributed by atoms with van der Waals surface area (Å²) in [6.07, 6.45) is 3.95. The molecule has 0 saturated heterocycles. The number of ether oxygens (including phenoxy) is 1. The normalized spacial score (nSPS) is 14.5. The van der Waals surface area contributed by atoms with E-state index in [2.05, 4.69) is 26.1 Å². The first-order valence-electron chi connectivity index (χ1n) is 11.4. The summed E-state index contributed by atoms with van der Waals surface area (Å²) in [6.45, 7) is 9.11. The van der Waals surface area contributed by atoms with E-state index in [1.165, 1.54) is 0 Å². The van der Waals surface area contributed by atoms with Gasteiger partial charge in [-0.1, -0.05) is 51.8 Å². The van der Waals surface area contributed by atoms with Gasteiger partial charge in [0.05, 0.1) is 24.5 Å². The highest BCUT2D eigenvalue weighted by Gasteiger charge is 2.29. The summed E-state index contributed by atoms with van der Waals surface area (Å²) in [4.78, 5) is 27.7. The van der Waals surface area contributed by atoms with Gasteiger partial charge in [0.15, 0.2) is 0 Å². The van der Waals surface area contributed by atoms with Gasteiger partial charge in [-0.2, -0.15) is 5.10 Å². The lowest BCUT2D eigenvalue weighted by Crippen LogP contribution is -2.42. The molecule has 2 amide bonds. The Balaban J connectivity index is 1.82. The van der Waals surface area contributed by atoms with Crippen LogP contribution in [0, 0.1) is 12.8 Å². The molecule has 0 radical (unpaired) electrons. The zero-order chi connectivity index (χ0) is 23.3. The second-order valence-corrected chi connectivity index (χ2v) is 9.65. The molecule has 1 aromatic heterocycles. The van der Waals surface area contributed by atoms with Crippen LogP contribution in [-0.2, 0) is 19.7 Å².